The standard InChI is InChI=1S/C21H33N3O2/c1-22-21(23-11-5-12-25-15-17-10-13-26-16-17)24-14-19-8-4-7-18-6-2-3-9-20(18)19/h2-3,6,9,17,19H,4-5,7-8,10-16H2,1H3,(H2,22,23,24). The molecular formula is C21H33N3O2. The summed E-state index contributed by atoms with van der Waals surface area (Å²) in [7, 11) is 1.83. The van der Waals surface area contributed by atoms with Gasteiger partial charge in [-0.3, -0.25) is 4.99 Å². The Morgan fingerprint density at radius 2 is 2.19 bits per heavy atom. The molecule has 26 heavy (non-hydrogen) atoms. The van der Waals surface area contributed by atoms with Crippen LogP contribution in [0.25, 0.3) is 0 Å². The van der Waals surface area contributed by atoms with E-state index < -0.39 is 0 Å². The molecule has 144 valence electrons. The summed E-state index contributed by atoms with van der Waals surface area (Å²) in [6.45, 7) is 5.18. The zero-order valence-electron chi connectivity index (χ0n) is 16.0. The van der Waals surface area contributed by atoms with Crippen LogP contribution in [0.5, 0.6) is 0 Å². The molecule has 1 fully saturated rings. The highest BCUT2D eigenvalue weighted by atomic mass is 16.5. The van der Waals surface area contributed by atoms with E-state index in [2.05, 4.69) is 39.9 Å². The van der Waals surface area contributed by atoms with Gasteiger partial charge in [-0.25, -0.2) is 0 Å². The van der Waals surface area contributed by atoms with Crippen LogP contribution in [0.4, 0.5) is 0 Å². The quantitative estimate of drug-likeness (QED) is 0.426. The van der Waals surface area contributed by atoms with Crippen molar-refractivity contribution in [3.8, 4) is 0 Å². The van der Waals surface area contributed by atoms with Gasteiger partial charge < -0.3 is 20.1 Å². The van der Waals surface area contributed by atoms with Gasteiger partial charge in [-0.05, 0) is 43.2 Å². The normalized spacial score (nSPS) is 22.9. The van der Waals surface area contributed by atoms with Gasteiger partial charge in [0.1, 0.15) is 0 Å². The number of rotatable bonds is 8. The molecule has 1 aliphatic carbocycles. The maximum atomic E-state index is 5.75. The predicted molar refractivity (Wildman–Crippen MR) is 106 cm³/mol. The lowest BCUT2D eigenvalue weighted by Crippen LogP contribution is -2.40. The van der Waals surface area contributed by atoms with Crippen molar-refractivity contribution in [1.82, 2.24) is 10.6 Å². The Morgan fingerprint density at radius 1 is 1.27 bits per heavy atom. The van der Waals surface area contributed by atoms with Crippen LogP contribution in [-0.4, -0.2) is 52.5 Å². The van der Waals surface area contributed by atoms with Crippen LogP contribution < -0.4 is 10.6 Å². The largest absolute Gasteiger partial charge is 0.381 e. The smallest absolute Gasteiger partial charge is 0.190 e. The molecule has 0 spiro atoms. The Hall–Kier alpha value is -1.59. The van der Waals surface area contributed by atoms with Gasteiger partial charge >= 0.3 is 0 Å². The van der Waals surface area contributed by atoms with Crippen molar-refractivity contribution in [1.29, 1.82) is 0 Å². The molecule has 0 amide bonds. The molecule has 2 N–H and O–H groups in total. The highest BCUT2D eigenvalue weighted by molar-refractivity contribution is 5.79. The SMILES string of the molecule is CN=C(NCCCOCC1CCOC1)NCC1CCCc2ccccc21. The summed E-state index contributed by atoms with van der Waals surface area (Å²) in [5.74, 6) is 2.06. The lowest BCUT2D eigenvalue weighted by Gasteiger charge is -2.26. The van der Waals surface area contributed by atoms with Crippen molar-refractivity contribution in [2.24, 2.45) is 10.9 Å². The molecule has 1 aromatic carbocycles. The van der Waals surface area contributed by atoms with Crippen molar-refractivity contribution in [2.75, 3.05) is 46.6 Å². The van der Waals surface area contributed by atoms with E-state index in [1.54, 1.807) is 0 Å². The summed E-state index contributed by atoms with van der Waals surface area (Å²) < 4.78 is 11.1. The molecule has 1 aromatic rings. The summed E-state index contributed by atoms with van der Waals surface area (Å²) in [5.41, 5.74) is 3.02. The molecule has 1 saturated heterocycles. The van der Waals surface area contributed by atoms with Gasteiger partial charge in [-0.15, -0.1) is 0 Å². The molecule has 3 rings (SSSR count). The average Bonchev–Trinajstić information content (AvgIpc) is 3.20. The number of fused-ring (bicyclic) bond motifs is 1. The lowest BCUT2D eigenvalue weighted by atomic mass is 9.83. The van der Waals surface area contributed by atoms with Crippen LogP contribution in [-0.2, 0) is 15.9 Å². The van der Waals surface area contributed by atoms with Crippen molar-refractivity contribution < 1.29 is 9.47 Å². The molecule has 2 atom stereocenters. The van der Waals surface area contributed by atoms with Gasteiger partial charge in [-0.1, -0.05) is 24.3 Å². The molecule has 5 nitrogen and oxygen atoms in total. The topological polar surface area (TPSA) is 54.9 Å². The molecule has 2 unspecified atom stereocenters. The van der Waals surface area contributed by atoms with Crippen LogP contribution in [0.1, 0.15) is 42.7 Å². The lowest BCUT2D eigenvalue weighted by molar-refractivity contribution is 0.0888. The van der Waals surface area contributed by atoms with E-state index in [-0.39, 0.29) is 0 Å². The number of hydrogen-bond donors (Lipinski definition) is 2. The van der Waals surface area contributed by atoms with Gasteiger partial charge in [0.15, 0.2) is 5.96 Å². The summed E-state index contributed by atoms with van der Waals surface area (Å²) in [6.07, 6.45) is 5.87. The van der Waals surface area contributed by atoms with Crippen LogP contribution in [0.15, 0.2) is 29.3 Å². The maximum absolute atomic E-state index is 5.75. The predicted octanol–water partition coefficient (Wildman–Crippen LogP) is 2.71. The van der Waals surface area contributed by atoms with E-state index in [1.165, 1.54) is 30.4 Å². The van der Waals surface area contributed by atoms with Crippen LogP contribution in [0.2, 0.25) is 0 Å². The molecule has 1 aliphatic heterocycles. The van der Waals surface area contributed by atoms with Gasteiger partial charge in [0.05, 0.1) is 13.2 Å². The molecule has 0 radical (unpaired) electrons. The summed E-state index contributed by atoms with van der Waals surface area (Å²) in [4.78, 5) is 4.35. The van der Waals surface area contributed by atoms with Crippen LogP contribution in [0, 0.1) is 5.92 Å². The maximum Gasteiger partial charge on any atom is 0.190 e. The average molecular weight is 360 g/mol. The summed E-state index contributed by atoms with van der Waals surface area (Å²) >= 11 is 0. The Bertz CT molecular complexity index is 570. The molecule has 2 aliphatic rings. The van der Waals surface area contributed by atoms with Crippen LogP contribution >= 0.6 is 0 Å². The monoisotopic (exact) mass is 359 g/mol. The number of benzene rings is 1. The third kappa shape index (κ3) is 5.71. The minimum Gasteiger partial charge on any atom is -0.381 e. The second-order valence-electron chi connectivity index (χ2n) is 7.33. The molecular weight excluding hydrogens is 326 g/mol. The third-order valence-corrected chi connectivity index (χ3v) is 5.37. The molecule has 0 aromatic heterocycles. The first-order chi connectivity index (χ1) is 12.9. The van der Waals surface area contributed by atoms with E-state index in [9.17, 15) is 0 Å². The van der Waals surface area contributed by atoms with E-state index in [0.29, 0.717) is 11.8 Å². The first-order valence-electron chi connectivity index (χ1n) is 10.0. The third-order valence-electron chi connectivity index (χ3n) is 5.37. The molecule has 0 bridgehead atoms. The van der Waals surface area contributed by atoms with Gasteiger partial charge in [0, 0.05) is 45.2 Å². The number of hydrogen-bond acceptors (Lipinski definition) is 3. The molecule has 1 heterocycles. The minimum absolute atomic E-state index is 0.579. The number of guanidine groups is 1. The van der Waals surface area contributed by atoms with Crippen molar-refractivity contribution >= 4 is 5.96 Å². The summed E-state index contributed by atoms with van der Waals surface area (Å²) in [6, 6.07) is 8.86. The summed E-state index contributed by atoms with van der Waals surface area (Å²) in [5, 5.41) is 6.89. The highest BCUT2D eigenvalue weighted by Crippen LogP contribution is 2.30. The molecule has 5 heteroatoms. The zero-order valence-corrected chi connectivity index (χ0v) is 16.0. The second-order valence-corrected chi connectivity index (χ2v) is 7.33. The minimum atomic E-state index is 0.579. The highest BCUT2D eigenvalue weighted by Gasteiger charge is 2.19. The van der Waals surface area contributed by atoms with Crippen molar-refractivity contribution in [3.63, 3.8) is 0 Å². The first kappa shape index (κ1) is 19.2. The number of aryl methyl sites for hydroxylation is 1. The number of nitrogens with one attached hydrogen (secondary N) is 2. The van der Waals surface area contributed by atoms with E-state index in [0.717, 1.165) is 58.3 Å². The fourth-order valence-electron chi connectivity index (χ4n) is 3.85. The van der Waals surface area contributed by atoms with E-state index in [1.807, 2.05) is 7.05 Å². The Balaban J connectivity index is 1.31. The van der Waals surface area contributed by atoms with E-state index in [4.69, 9.17) is 9.47 Å². The fourth-order valence-corrected chi connectivity index (χ4v) is 3.85. The van der Waals surface area contributed by atoms with Crippen LogP contribution in [0.3, 0.4) is 0 Å². The van der Waals surface area contributed by atoms with Crippen molar-refractivity contribution in [3.05, 3.63) is 35.4 Å². The van der Waals surface area contributed by atoms with Crippen molar-refractivity contribution in [2.45, 2.75) is 38.0 Å². The Labute approximate surface area is 157 Å². The fraction of sp³-hybridized carbons (Fsp3) is 0.667. The Morgan fingerprint density at radius 3 is 3.04 bits per heavy atom. The van der Waals surface area contributed by atoms with Gasteiger partial charge in [0.2, 0.25) is 0 Å². The Kier molecular flexibility index (Phi) is 7.77. The second kappa shape index (κ2) is 10.5. The number of nitrogens with zero attached hydrogens (tertiary/aromatic N) is 1. The van der Waals surface area contributed by atoms with Gasteiger partial charge in [-0.2, -0.15) is 0 Å². The zero-order chi connectivity index (χ0) is 18.0. The van der Waals surface area contributed by atoms with Gasteiger partial charge in [0.25, 0.3) is 0 Å². The molecule has 0 saturated carbocycles. The first-order valence-corrected chi connectivity index (χ1v) is 10.0. The number of ether oxygens (including phenoxy) is 2. The number of aliphatic imine (C=N–C) groups is 1. The van der Waals surface area contributed by atoms with E-state index >= 15 is 0 Å².